The lowest BCUT2D eigenvalue weighted by Crippen LogP contribution is -2.31. The van der Waals surface area contributed by atoms with Crippen LogP contribution in [0.3, 0.4) is 0 Å². The lowest BCUT2D eigenvalue weighted by Gasteiger charge is -2.17. The first-order valence-electron chi connectivity index (χ1n) is 9.48. The molecule has 0 bridgehead atoms. The number of nitrogens with zero attached hydrogens (tertiary/aromatic N) is 3. The molecule has 2 aromatic heterocycles. The summed E-state index contributed by atoms with van der Waals surface area (Å²) in [7, 11) is 0. The van der Waals surface area contributed by atoms with Gasteiger partial charge in [0, 0.05) is 25.8 Å². The Bertz CT molecular complexity index is 1050. The number of carbonyl (C=O) groups excluding carboxylic acids is 1. The van der Waals surface area contributed by atoms with Gasteiger partial charge in [0.1, 0.15) is 17.1 Å². The Morgan fingerprint density at radius 3 is 2.89 bits per heavy atom. The fourth-order valence-corrected chi connectivity index (χ4v) is 3.46. The maximum Gasteiger partial charge on any atom is 0.263 e. The van der Waals surface area contributed by atoms with E-state index >= 15 is 0 Å². The summed E-state index contributed by atoms with van der Waals surface area (Å²) in [6.45, 7) is 3.96. The molecule has 7 nitrogen and oxygen atoms in total. The molecular weight excluding hydrogens is 354 g/mol. The molecular formula is C21H23N5O2. The van der Waals surface area contributed by atoms with Crippen molar-refractivity contribution >= 4 is 17.4 Å². The van der Waals surface area contributed by atoms with Crippen LogP contribution in [0.4, 0.5) is 11.5 Å². The summed E-state index contributed by atoms with van der Waals surface area (Å²) in [5.41, 5.74) is 2.31. The Morgan fingerprint density at radius 1 is 1.25 bits per heavy atom. The van der Waals surface area contributed by atoms with Crippen LogP contribution in [-0.2, 0) is 19.5 Å². The van der Waals surface area contributed by atoms with Crippen molar-refractivity contribution in [3.05, 3.63) is 75.8 Å². The quantitative estimate of drug-likeness (QED) is 0.716. The summed E-state index contributed by atoms with van der Waals surface area (Å²) in [6.07, 6.45) is 5.09. The summed E-state index contributed by atoms with van der Waals surface area (Å²) in [6, 6.07) is 11.8. The summed E-state index contributed by atoms with van der Waals surface area (Å²) >= 11 is 0. The Balaban J connectivity index is 1.56. The lowest BCUT2D eigenvalue weighted by atomic mass is 10.1. The van der Waals surface area contributed by atoms with Crippen molar-refractivity contribution in [2.45, 2.75) is 32.9 Å². The Kier molecular flexibility index (Phi) is 4.97. The normalized spacial score (nSPS) is 12.9. The second-order valence-corrected chi connectivity index (χ2v) is 6.97. The smallest absolute Gasteiger partial charge is 0.263 e. The van der Waals surface area contributed by atoms with Crippen LogP contribution in [0.15, 0.2) is 53.6 Å². The van der Waals surface area contributed by atoms with Gasteiger partial charge in [0.05, 0.1) is 6.20 Å². The molecule has 3 aromatic rings. The Hall–Kier alpha value is -3.35. The van der Waals surface area contributed by atoms with Crippen molar-refractivity contribution in [3.8, 4) is 0 Å². The lowest BCUT2D eigenvalue weighted by molar-refractivity contribution is 0.102. The van der Waals surface area contributed by atoms with Gasteiger partial charge in [-0.25, -0.2) is 4.68 Å². The molecule has 0 spiro atoms. The minimum Gasteiger partial charge on any atom is -0.368 e. The zero-order valence-corrected chi connectivity index (χ0v) is 15.8. The van der Waals surface area contributed by atoms with E-state index in [1.807, 2.05) is 41.1 Å². The van der Waals surface area contributed by atoms with Gasteiger partial charge in [-0.15, -0.1) is 0 Å². The highest BCUT2D eigenvalue weighted by molar-refractivity contribution is 6.06. The molecule has 0 saturated carbocycles. The minimum atomic E-state index is -0.403. The molecule has 1 aliphatic rings. The van der Waals surface area contributed by atoms with Crippen molar-refractivity contribution in [3.63, 3.8) is 0 Å². The number of hydrogen-bond donors (Lipinski definition) is 2. The monoisotopic (exact) mass is 377 g/mol. The highest BCUT2D eigenvalue weighted by atomic mass is 16.2. The highest BCUT2D eigenvalue weighted by Crippen LogP contribution is 2.24. The van der Waals surface area contributed by atoms with Crippen molar-refractivity contribution in [2.24, 2.45) is 0 Å². The molecule has 0 unspecified atom stereocenters. The van der Waals surface area contributed by atoms with Crippen molar-refractivity contribution in [1.29, 1.82) is 0 Å². The van der Waals surface area contributed by atoms with Gasteiger partial charge in [-0.1, -0.05) is 30.3 Å². The maximum atomic E-state index is 12.9. The molecule has 0 saturated heterocycles. The molecule has 7 heteroatoms. The summed E-state index contributed by atoms with van der Waals surface area (Å²) < 4.78 is 3.43. The number of pyridine rings is 1. The van der Waals surface area contributed by atoms with E-state index in [-0.39, 0.29) is 11.1 Å². The van der Waals surface area contributed by atoms with E-state index < -0.39 is 5.91 Å². The van der Waals surface area contributed by atoms with Crippen molar-refractivity contribution < 1.29 is 4.79 Å². The van der Waals surface area contributed by atoms with Gasteiger partial charge < -0.3 is 15.2 Å². The molecule has 144 valence electrons. The first-order valence-corrected chi connectivity index (χ1v) is 9.48. The SMILES string of the molecule is Cc1ccn(CCc2ccccc2)c(=O)c1C(=O)Nc1cnn2c1NCCC2. The third-order valence-electron chi connectivity index (χ3n) is 5.01. The summed E-state index contributed by atoms with van der Waals surface area (Å²) in [5, 5.41) is 10.4. The molecule has 1 aromatic carbocycles. The van der Waals surface area contributed by atoms with Gasteiger partial charge in [-0.3, -0.25) is 9.59 Å². The first-order chi connectivity index (χ1) is 13.6. The maximum absolute atomic E-state index is 12.9. The molecule has 0 aliphatic carbocycles. The van der Waals surface area contributed by atoms with Gasteiger partial charge in [0.15, 0.2) is 0 Å². The molecule has 4 rings (SSSR count). The van der Waals surface area contributed by atoms with Crippen LogP contribution in [0.25, 0.3) is 0 Å². The van der Waals surface area contributed by atoms with E-state index in [1.54, 1.807) is 23.9 Å². The molecule has 28 heavy (non-hydrogen) atoms. The van der Waals surface area contributed by atoms with E-state index in [4.69, 9.17) is 0 Å². The van der Waals surface area contributed by atoms with Gasteiger partial charge in [-0.05, 0) is 37.0 Å². The van der Waals surface area contributed by atoms with Crippen LogP contribution in [-0.4, -0.2) is 26.8 Å². The average molecular weight is 377 g/mol. The molecule has 1 aliphatic heterocycles. The number of aromatic nitrogens is 3. The second kappa shape index (κ2) is 7.72. The number of anilines is 2. The predicted molar refractivity (Wildman–Crippen MR) is 109 cm³/mol. The summed E-state index contributed by atoms with van der Waals surface area (Å²) in [5.74, 6) is 0.386. The van der Waals surface area contributed by atoms with Crippen molar-refractivity contribution in [2.75, 3.05) is 17.2 Å². The minimum absolute atomic E-state index is 0.173. The van der Waals surface area contributed by atoms with Gasteiger partial charge in [0.2, 0.25) is 0 Å². The molecule has 0 atom stereocenters. The van der Waals surface area contributed by atoms with Crippen LogP contribution in [0.2, 0.25) is 0 Å². The first kappa shape index (κ1) is 18.0. The number of nitrogens with one attached hydrogen (secondary N) is 2. The third-order valence-corrected chi connectivity index (χ3v) is 5.01. The van der Waals surface area contributed by atoms with E-state index in [0.717, 1.165) is 37.3 Å². The van der Waals surface area contributed by atoms with E-state index in [2.05, 4.69) is 15.7 Å². The zero-order chi connectivity index (χ0) is 19.5. The Labute approximate surface area is 163 Å². The van der Waals surface area contributed by atoms with Gasteiger partial charge in [0.25, 0.3) is 11.5 Å². The molecule has 0 fully saturated rings. The van der Waals surface area contributed by atoms with E-state index in [1.165, 1.54) is 0 Å². The fraction of sp³-hybridized carbons (Fsp3) is 0.286. The third kappa shape index (κ3) is 3.55. The van der Waals surface area contributed by atoms with Crippen LogP contribution < -0.4 is 16.2 Å². The standard InChI is InChI=1S/C21H23N5O2/c1-15-8-12-25(13-9-16-6-3-2-4-7-16)21(28)18(15)20(27)24-17-14-23-26-11-5-10-22-19(17)26/h2-4,6-8,12,14,22H,5,9-11,13H2,1H3,(H,24,27). The number of rotatable bonds is 5. The van der Waals surface area contributed by atoms with Crippen molar-refractivity contribution in [1.82, 2.24) is 14.3 Å². The molecule has 2 N–H and O–H groups in total. The average Bonchev–Trinajstić information content (AvgIpc) is 3.11. The van der Waals surface area contributed by atoms with Crippen LogP contribution in [0.1, 0.15) is 27.9 Å². The number of carbonyl (C=O) groups is 1. The van der Waals surface area contributed by atoms with Crippen LogP contribution in [0.5, 0.6) is 0 Å². The van der Waals surface area contributed by atoms with E-state index in [0.29, 0.717) is 17.8 Å². The molecule has 0 radical (unpaired) electrons. The summed E-state index contributed by atoms with van der Waals surface area (Å²) in [4.78, 5) is 25.8. The number of amides is 1. The second-order valence-electron chi connectivity index (χ2n) is 6.97. The fourth-order valence-electron chi connectivity index (χ4n) is 3.46. The molecule has 3 heterocycles. The number of hydrogen-bond acceptors (Lipinski definition) is 4. The van der Waals surface area contributed by atoms with Crippen LogP contribution >= 0.6 is 0 Å². The predicted octanol–water partition coefficient (Wildman–Crippen LogP) is 2.66. The van der Waals surface area contributed by atoms with Gasteiger partial charge >= 0.3 is 0 Å². The Morgan fingerprint density at radius 2 is 2.07 bits per heavy atom. The number of benzene rings is 1. The number of aryl methyl sites for hydroxylation is 4. The largest absolute Gasteiger partial charge is 0.368 e. The number of fused-ring (bicyclic) bond motifs is 1. The topological polar surface area (TPSA) is 81.0 Å². The molecule has 1 amide bonds. The van der Waals surface area contributed by atoms with Crippen LogP contribution in [0, 0.1) is 6.92 Å². The zero-order valence-electron chi connectivity index (χ0n) is 15.8. The highest BCUT2D eigenvalue weighted by Gasteiger charge is 2.20. The van der Waals surface area contributed by atoms with E-state index in [9.17, 15) is 9.59 Å². The van der Waals surface area contributed by atoms with Gasteiger partial charge in [-0.2, -0.15) is 5.10 Å².